The summed E-state index contributed by atoms with van der Waals surface area (Å²) in [4.78, 5) is 26.8. The first-order chi connectivity index (χ1) is 15.5. The lowest BCUT2D eigenvalue weighted by Gasteiger charge is -2.29. The van der Waals surface area contributed by atoms with Crippen LogP contribution in [0.1, 0.15) is 30.9 Å². The van der Waals surface area contributed by atoms with E-state index in [-0.39, 0.29) is 31.3 Å². The Kier molecular flexibility index (Phi) is 9.57. The van der Waals surface area contributed by atoms with Gasteiger partial charge in [-0.15, -0.1) is 0 Å². The number of hydrogen-bond acceptors (Lipinski definition) is 4. The molecule has 1 atom stereocenters. The number of nitrogens with one attached hydrogen (secondary N) is 1. The number of nitrogens with zero attached hydrogens (tertiary/aromatic N) is 2. The van der Waals surface area contributed by atoms with Gasteiger partial charge in [-0.1, -0.05) is 47.5 Å². The summed E-state index contributed by atoms with van der Waals surface area (Å²) < 4.78 is 26.1. The second-order valence-corrected chi connectivity index (χ2v) is 10.5. The summed E-state index contributed by atoms with van der Waals surface area (Å²) >= 11 is 12.1. The second-order valence-electron chi connectivity index (χ2n) is 7.79. The summed E-state index contributed by atoms with van der Waals surface area (Å²) in [5, 5.41) is 3.32. The molecule has 2 rings (SSSR count). The van der Waals surface area contributed by atoms with Gasteiger partial charge in [0.15, 0.2) is 0 Å². The number of anilines is 1. The van der Waals surface area contributed by atoms with E-state index in [9.17, 15) is 18.0 Å². The first kappa shape index (κ1) is 27.0. The largest absolute Gasteiger partial charge is 0.357 e. The van der Waals surface area contributed by atoms with Crippen LogP contribution >= 0.6 is 23.2 Å². The molecule has 0 aliphatic carbocycles. The summed E-state index contributed by atoms with van der Waals surface area (Å²) in [6, 6.07) is 11.5. The number of benzene rings is 2. The van der Waals surface area contributed by atoms with E-state index in [0.717, 1.165) is 17.4 Å². The predicted molar refractivity (Wildman–Crippen MR) is 133 cm³/mol. The molecule has 10 heteroatoms. The number of amides is 2. The lowest BCUT2D eigenvalue weighted by molar-refractivity contribution is -0.140. The van der Waals surface area contributed by atoms with Crippen molar-refractivity contribution in [2.45, 2.75) is 39.3 Å². The summed E-state index contributed by atoms with van der Waals surface area (Å²) in [5.41, 5.74) is 2.13. The zero-order valence-electron chi connectivity index (χ0n) is 19.1. The van der Waals surface area contributed by atoms with Gasteiger partial charge in [-0.2, -0.15) is 0 Å². The molecule has 0 bridgehead atoms. The Morgan fingerprint density at radius 3 is 2.33 bits per heavy atom. The highest BCUT2D eigenvalue weighted by atomic mass is 35.5. The van der Waals surface area contributed by atoms with Gasteiger partial charge in [0.05, 0.1) is 22.0 Å². The Hall–Kier alpha value is -2.29. The molecule has 0 fully saturated rings. The third kappa shape index (κ3) is 7.35. The molecule has 0 heterocycles. The average molecular weight is 514 g/mol. The highest BCUT2D eigenvalue weighted by Crippen LogP contribution is 2.25. The van der Waals surface area contributed by atoms with Crippen LogP contribution in [0.4, 0.5) is 5.69 Å². The maximum absolute atomic E-state index is 13.1. The van der Waals surface area contributed by atoms with E-state index in [1.807, 2.05) is 19.1 Å². The number of para-hydroxylation sites is 1. The van der Waals surface area contributed by atoms with E-state index in [2.05, 4.69) is 5.32 Å². The smallest absolute Gasteiger partial charge is 0.242 e. The molecule has 0 saturated heterocycles. The summed E-state index contributed by atoms with van der Waals surface area (Å²) in [5.74, 6) is -0.573. The molecule has 0 aliphatic heterocycles. The minimum Gasteiger partial charge on any atom is -0.357 e. The van der Waals surface area contributed by atoms with Crippen molar-refractivity contribution in [3.63, 3.8) is 0 Å². The van der Waals surface area contributed by atoms with E-state index in [1.54, 1.807) is 37.3 Å². The molecular formula is C23H29Cl2N3O4S. The Morgan fingerprint density at radius 1 is 1.09 bits per heavy atom. The topological polar surface area (TPSA) is 86.8 Å². The van der Waals surface area contributed by atoms with Gasteiger partial charge >= 0.3 is 0 Å². The van der Waals surface area contributed by atoms with Crippen molar-refractivity contribution in [3.8, 4) is 0 Å². The molecular weight excluding hydrogens is 485 g/mol. The molecule has 7 nitrogen and oxygen atoms in total. The molecule has 0 spiro atoms. The second kappa shape index (κ2) is 11.7. The van der Waals surface area contributed by atoms with E-state index in [1.165, 1.54) is 16.3 Å². The van der Waals surface area contributed by atoms with Crippen molar-refractivity contribution in [2.24, 2.45) is 0 Å². The maximum atomic E-state index is 13.1. The van der Waals surface area contributed by atoms with Crippen LogP contribution in [0.5, 0.6) is 0 Å². The zero-order chi connectivity index (χ0) is 24.8. The number of halogens is 2. The van der Waals surface area contributed by atoms with E-state index < -0.39 is 16.1 Å². The molecule has 33 heavy (non-hydrogen) atoms. The first-order valence-corrected chi connectivity index (χ1v) is 13.0. The number of carbonyl (C=O) groups is 2. The fourth-order valence-electron chi connectivity index (χ4n) is 3.45. The molecule has 1 N–H and O–H groups in total. The summed E-state index contributed by atoms with van der Waals surface area (Å²) in [7, 11) is -2.03. The van der Waals surface area contributed by atoms with Crippen LogP contribution in [-0.4, -0.2) is 51.0 Å². The van der Waals surface area contributed by atoms with Crippen LogP contribution in [0, 0.1) is 6.92 Å². The third-order valence-corrected chi connectivity index (χ3v) is 7.21. The lowest BCUT2D eigenvalue weighted by Crippen LogP contribution is -2.46. The Balaban J connectivity index is 2.18. The fourth-order valence-corrected chi connectivity index (χ4v) is 4.80. The molecule has 0 radical (unpaired) electrons. The van der Waals surface area contributed by atoms with Crippen LogP contribution in [0.3, 0.4) is 0 Å². The summed E-state index contributed by atoms with van der Waals surface area (Å²) in [6.07, 6.45) is 1.50. The van der Waals surface area contributed by atoms with Gasteiger partial charge in [0.2, 0.25) is 21.8 Å². The standard InChI is InChI=1S/C23H29Cl2N3O4S/c1-16-8-5-6-9-21(16)28(33(4,31)32)13-7-10-22(29)27(17(2)23(30)26-3)15-18-11-12-19(24)20(25)14-18/h5-6,8-9,11-12,14,17H,7,10,13,15H2,1-4H3,(H,26,30)/t17-/m1/s1. The molecule has 0 saturated carbocycles. The van der Waals surface area contributed by atoms with Gasteiger partial charge < -0.3 is 10.2 Å². The van der Waals surface area contributed by atoms with E-state index in [4.69, 9.17) is 23.2 Å². The molecule has 2 aromatic carbocycles. The van der Waals surface area contributed by atoms with Gasteiger partial charge in [-0.05, 0) is 49.6 Å². The van der Waals surface area contributed by atoms with Gasteiger partial charge in [-0.25, -0.2) is 8.42 Å². The molecule has 0 aromatic heterocycles. The van der Waals surface area contributed by atoms with Crippen molar-refractivity contribution in [1.82, 2.24) is 10.2 Å². The minimum atomic E-state index is -3.53. The van der Waals surface area contributed by atoms with Crippen molar-refractivity contribution >= 4 is 50.7 Å². The number of hydrogen-bond donors (Lipinski definition) is 1. The number of likely N-dealkylation sites (N-methyl/N-ethyl adjacent to an activating group) is 1. The lowest BCUT2D eigenvalue weighted by atomic mass is 10.1. The van der Waals surface area contributed by atoms with Gasteiger partial charge in [0, 0.05) is 26.6 Å². The average Bonchev–Trinajstić information content (AvgIpc) is 2.76. The summed E-state index contributed by atoms with van der Waals surface area (Å²) in [6.45, 7) is 3.79. The predicted octanol–water partition coefficient (Wildman–Crippen LogP) is 4.01. The highest BCUT2D eigenvalue weighted by molar-refractivity contribution is 7.92. The monoisotopic (exact) mass is 513 g/mol. The Morgan fingerprint density at radius 2 is 1.76 bits per heavy atom. The molecule has 0 aliphatic rings. The number of rotatable bonds is 10. The van der Waals surface area contributed by atoms with Crippen LogP contribution in [-0.2, 0) is 26.2 Å². The van der Waals surface area contributed by atoms with Crippen molar-refractivity contribution in [2.75, 3.05) is 24.2 Å². The Labute approximate surface area is 205 Å². The van der Waals surface area contributed by atoms with Crippen molar-refractivity contribution in [3.05, 3.63) is 63.6 Å². The number of aryl methyl sites for hydroxylation is 1. The quantitative estimate of drug-likeness (QED) is 0.519. The van der Waals surface area contributed by atoms with Gasteiger partial charge in [0.25, 0.3) is 0 Å². The SMILES string of the molecule is CNC(=O)[C@@H](C)N(Cc1ccc(Cl)c(Cl)c1)C(=O)CCCN(c1ccccc1C)S(C)(=O)=O. The van der Waals surface area contributed by atoms with Crippen LogP contribution in [0.2, 0.25) is 10.0 Å². The van der Waals surface area contributed by atoms with Gasteiger partial charge in [0.1, 0.15) is 6.04 Å². The van der Waals surface area contributed by atoms with Crippen molar-refractivity contribution in [1.29, 1.82) is 0 Å². The normalized spacial score (nSPS) is 12.2. The van der Waals surface area contributed by atoms with E-state index >= 15 is 0 Å². The minimum absolute atomic E-state index is 0.0700. The Bertz CT molecular complexity index is 1110. The van der Waals surface area contributed by atoms with Gasteiger partial charge in [-0.3, -0.25) is 13.9 Å². The molecule has 2 aromatic rings. The molecule has 0 unspecified atom stereocenters. The van der Waals surface area contributed by atoms with Crippen LogP contribution in [0.25, 0.3) is 0 Å². The zero-order valence-corrected chi connectivity index (χ0v) is 21.5. The highest BCUT2D eigenvalue weighted by Gasteiger charge is 2.26. The van der Waals surface area contributed by atoms with Crippen molar-refractivity contribution < 1.29 is 18.0 Å². The third-order valence-electron chi connectivity index (χ3n) is 5.29. The number of sulfonamides is 1. The maximum Gasteiger partial charge on any atom is 0.242 e. The van der Waals surface area contributed by atoms with Crippen LogP contribution < -0.4 is 9.62 Å². The van der Waals surface area contributed by atoms with Crippen LogP contribution in [0.15, 0.2) is 42.5 Å². The van der Waals surface area contributed by atoms with E-state index in [0.29, 0.717) is 22.2 Å². The number of carbonyl (C=O) groups excluding carboxylic acids is 2. The fraction of sp³-hybridized carbons (Fsp3) is 0.391. The first-order valence-electron chi connectivity index (χ1n) is 10.4. The molecule has 2 amide bonds. The molecule has 180 valence electrons.